The lowest BCUT2D eigenvalue weighted by Crippen LogP contribution is -2.32. The van der Waals surface area contributed by atoms with Crippen LogP contribution in [0.15, 0.2) is 109 Å². The summed E-state index contributed by atoms with van der Waals surface area (Å²) < 4.78 is 39.7. The molecule has 1 N–H and O–H groups in total. The van der Waals surface area contributed by atoms with Gasteiger partial charge in [-0.2, -0.15) is 13.2 Å². The second kappa shape index (κ2) is 12.1. The molecule has 1 unspecified atom stereocenters. The Morgan fingerprint density at radius 1 is 0.763 bits per heavy atom. The monoisotopic (exact) mass is 517 g/mol. The first kappa shape index (κ1) is 27.1. The Morgan fingerprint density at radius 2 is 1.32 bits per heavy atom. The Hall–Kier alpha value is -3.90. The number of hydrogen-bond donors (Lipinski definition) is 1. The molecule has 0 spiro atoms. The fourth-order valence-electron chi connectivity index (χ4n) is 4.83. The van der Waals surface area contributed by atoms with Gasteiger partial charge in [0.2, 0.25) is 0 Å². The van der Waals surface area contributed by atoms with Crippen LogP contribution in [0.1, 0.15) is 58.8 Å². The van der Waals surface area contributed by atoms with Crippen molar-refractivity contribution in [3.8, 4) is 0 Å². The summed E-state index contributed by atoms with van der Waals surface area (Å²) in [4.78, 5) is 14.3. The molecule has 0 radical (unpaired) electrons. The Morgan fingerprint density at radius 3 is 1.95 bits per heavy atom. The molecule has 38 heavy (non-hydrogen) atoms. The van der Waals surface area contributed by atoms with Crippen molar-refractivity contribution >= 4 is 5.97 Å². The van der Waals surface area contributed by atoms with Gasteiger partial charge in [-0.15, -0.1) is 0 Å². The second-order valence-corrected chi connectivity index (χ2v) is 9.48. The number of carboxylic acids is 1. The van der Waals surface area contributed by atoms with Crippen molar-refractivity contribution in [2.45, 2.75) is 44.6 Å². The smallest absolute Gasteiger partial charge is 0.416 e. The SMILES string of the molecule is C[C@H](c1ccccc1)N(Cc1ccccc1)C(CC(=O)O)c1cccc(Cc2cccc(C(F)(F)F)c2)c1. The quantitative estimate of drug-likeness (QED) is 0.231. The van der Waals surface area contributed by atoms with Gasteiger partial charge in [0.1, 0.15) is 0 Å². The molecule has 0 aliphatic carbocycles. The lowest BCUT2D eigenvalue weighted by Gasteiger charge is -2.37. The average Bonchev–Trinajstić information content (AvgIpc) is 2.91. The van der Waals surface area contributed by atoms with Crippen molar-refractivity contribution in [1.29, 1.82) is 0 Å². The van der Waals surface area contributed by atoms with E-state index in [9.17, 15) is 23.1 Å². The number of carboxylic acid groups (broad SMARTS) is 1. The van der Waals surface area contributed by atoms with E-state index in [1.54, 1.807) is 6.07 Å². The maximum absolute atomic E-state index is 13.2. The summed E-state index contributed by atoms with van der Waals surface area (Å²) in [6.07, 6.45) is -4.21. The first-order valence-electron chi connectivity index (χ1n) is 12.5. The zero-order valence-corrected chi connectivity index (χ0v) is 21.1. The highest BCUT2D eigenvalue weighted by Gasteiger charge is 2.31. The maximum atomic E-state index is 13.2. The van der Waals surface area contributed by atoms with Crippen LogP contribution >= 0.6 is 0 Å². The lowest BCUT2D eigenvalue weighted by atomic mass is 9.94. The molecule has 4 aromatic rings. The number of carbonyl (C=O) groups is 1. The molecule has 0 aliphatic heterocycles. The summed E-state index contributed by atoms with van der Waals surface area (Å²) in [6.45, 7) is 2.60. The first-order chi connectivity index (χ1) is 18.2. The van der Waals surface area contributed by atoms with Crippen molar-refractivity contribution in [1.82, 2.24) is 4.90 Å². The van der Waals surface area contributed by atoms with Crippen molar-refractivity contribution in [3.63, 3.8) is 0 Å². The lowest BCUT2D eigenvalue weighted by molar-refractivity contribution is -0.139. The molecule has 0 heterocycles. The minimum atomic E-state index is -4.41. The normalized spacial score (nSPS) is 13.3. The standard InChI is InChI=1S/C32H30F3NO2/c1-23(27-14-6-3-7-15-27)36(22-24-10-4-2-5-11-24)30(21-31(37)38)28-16-8-12-25(19-28)18-26-13-9-17-29(20-26)32(33,34)35/h2-17,19-20,23,30H,18,21-22H2,1H3,(H,37,38)/t23-,30?/m1/s1. The molecule has 0 bridgehead atoms. The molecule has 4 aromatic carbocycles. The number of hydrogen-bond acceptors (Lipinski definition) is 2. The molecule has 0 saturated carbocycles. The molecule has 196 valence electrons. The Balaban J connectivity index is 1.70. The van der Waals surface area contributed by atoms with Crippen molar-refractivity contribution in [2.24, 2.45) is 0 Å². The zero-order valence-electron chi connectivity index (χ0n) is 21.1. The van der Waals surface area contributed by atoms with Crippen LogP contribution in [0.5, 0.6) is 0 Å². The summed E-state index contributed by atoms with van der Waals surface area (Å²) in [5.74, 6) is -0.920. The minimum Gasteiger partial charge on any atom is -0.481 e. The largest absolute Gasteiger partial charge is 0.481 e. The van der Waals surface area contributed by atoms with Gasteiger partial charge in [-0.1, -0.05) is 103 Å². The second-order valence-electron chi connectivity index (χ2n) is 9.48. The molecule has 0 fully saturated rings. The van der Waals surface area contributed by atoms with Crippen molar-refractivity contribution < 1.29 is 23.1 Å². The molecule has 0 aliphatic rings. The molecule has 2 atom stereocenters. The van der Waals surface area contributed by atoms with Gasteiger partial charge in [0.05, 0.1) is 12.0 Å². The summed E-state index contributed by atoms with van der Waals surface area (Å²) in [5.41, 5.74) is 3.63. The molecule has 0 amide bonds. The third-order valence-electron chi connectivity index (χ3n) is 6.75. The van der Waals surface area contributed by atoms with Crippen LogP contribution in [0.2, 0.25) is 0 Å². The number of aliphatic carboxylic acids is 1. The number of nitrogens with zero attached hydrogens (tertiary/aromatic N) is 1. The van der Waals surface area contributed by atoms with E-state index in [1.807, 2.05) is 84.9 Å². The van der Waals surface area contributed by atoms with E-state index in [1.165, 1.54) is 12.1 Å². The topological polar surface area (TPSA) is 40.5 Å². The average molecular weight is 518 g/mol. The van der Waals surface area contributed by atoms with Gasteiger partial charge < -0.3 is 5.11 Å². The predicted octanol–water partition coefficient (Wildman–Crippen LogP) is 8.08. The van der Waals surface area contributed by atoms with Crippen LogP contribution in [0, 0.1) is 0 Å². The van der Waals surface area contributed by atoms with Crippen LogP contribution in [0.3, 0.4) is 0 Å². The Labute approximate surface area is 221 Å². The molecule has 6 heteroatoms. The third-order valence-corrected chi connectivity index (χ3v) is 6.75. The summed E-state index contributed by atoms with van der Waals surface area (Å²) in [6, 6.07) is 32.2. The van der Waals surface area contributed by atoms with E-state index in [-0.39, 0.29) is 12.5 Å². The summed E-state index contributed by atoms with van der Waals surface area (Å²) in [7, 11) is 0. The van der Waals surface area contributed by atoms with Gasteiger partial charge in [-0.3, -0.25) is 9.69 Å². The predicted molar refractivity (Wildman–Crippen MR) is 143 cm³/mol. The third kappa shape index (κ3) is 7.11. The molecular weight excluding hydrogens is 487 g/mol. The zero-order chi connectivity index (χ0) is 27.1. The number of alkyl halides is 3. The van der Waals surface area contributed by atoms with E-state index in [0.717, 1.165) is 28.3 Å². The van der Waals surface area contributed by atoms with E-state index >= 15 is 0 Å². The van der Waals surface area contributed by atoms with Crippen LogP contribution < -0.4 is 0 Å². The van der Waals surface area contributed by atoms with E-state index in [2.05, 4.69) is 11.8 Å². The van der Waals surface area contributed by atoms with E-state index < -0.39 is 23.8 Å². The van der Waals surface area contributed by atoms with Crippen LogP contribution in [0.4, 0.5) is 13.2 Å². The van der Waals surface area contributed by atoms with Gasteiger partial charge in [0, 0.05) is 18.6 Å². The summed E-state index contributed by atoms with van der Waals surface area (Å²) >= 11 is 0. The maximum Gasteiger partial charge on any atom is 0.416 e. The number of rotatable bonds is 10. The van der Waals surface area contributed by atoms with Gasteiger partial charge in [0.25, 0.3) is 0 Å². The molecule has 3 nitrogen and oxygen atoms in total. The minimum absolute atomic E-state index is 0.0899. The Kier molecular flexibility index (Phi) is 8.64. The van der Waals surface area contributed by atoms with Crippen LogP contribution in [-0.2, 0) is 23.9 Å². The first-order valence-corrected chi connectivity index (χ1v) is 12.5. The van der Waals surface area contributed by atoms with Crippen molar-refractivity contribution in [2.75, 3.05) is 0 Å². The van der Waals surface area contributed by atoms with E-state index in [4.69, 9.17) is 0 Å². The highest BCUT2D eigenvalue weighted by molar-refractivity contribution is 5.68. The highest BCUT2D eigenvalue weighted by atomic mass is 19.4. The molecule has 4 rings (SSSR count). The molecular formula is C32H30F3NO2. The van der Waals surface area contributed by atoms with Gasteiger partial charge in [0.15, 0.2) is 0 Å². The van der Waals surface area contributed by atoms with Crippen molar-refractivity contribution in [3.05, 3.63) is 143 Å². The highest BCUT2D eigenvalue weighted by Crippen LogP contribution is 2.35. The Bertz CT molecular complexity index is 1340. The fraction of sp³-hybridized carbons (Fsp3) is 0.219. The number of halogens is 3. The fourth-order valence-corrected chi connectivity index (χ4v) is 4.83. The van der Waals surface area contributed by atoms with Crippen LogP contribution in [-0.4, -0.2) is 16.0 Å². The van der Waals surface area contributed by atoms with Gasteiger partial charge >= 0.3 is 12.1 Å². The summed E-state index contributed by atoms with van der Waals surface area (Å²) in [5, 5.41) is 9.89. The molecule has 0 aromatic heterocycles. The number of benzene rings is 4. The molecule has 0 saturated heterocycles. The van der Waals surface area contributed by atoms with Crippen LogP contribution in [0.25, 0.3) is 0 Å². The van der Waals surface area contributed by atoms with Gasteiger partial charge in [-0.05, 0) is 47.2 Å². The van der Waals surface area contributed by atoms with Gasteiger partial charge in [-0.25, -0.2) is 0 Å². The van der Waals surface area contributed by atoms with E-state index in [0.29, 0.717) is 18.5 Å².